The lowest BCUT2D eigenvalue weighted by atomic mass is 10.1. The molecule has 0 bridgehead atoms. The highest BCUT2D eigenvalue weighted by atomic mass is 35.5. The molecule has 0 aliphatic carbocycles. The van der Waals surface area contributed by atoms with Crippen molar-refractivity contribution in [3.8, 4) is 23.0 Å². The van der Waals surface area contributed by atoms with E-state index in [2.05, 4.69) is 20.2 Å². The summed E-state index contributed by atoms with van der Waals surface area (Å²) in [5, 5.41) is 4.64. The maximum Gasteiger partial charge on any atom is 0.186 e. The summed E-state index contributed by atoms with van der Waals surface area (Å²) < 4.78 is 29.9. The van der Waals surface area contributed by atoms with Crippen molar-refractivity contribution in [2.45, 2.75) is 31.8 Å². The number of hydrogen-bond acceptors (Lipinski definition) is 9. The summed E-state index contributed by atoms with van der Waals surface area (Å²) in [4.78, 5) is 11.6. The number of rotatable bonds is 8. The number of nitrogens with zero attached hydrogens (tertiary/aromatic N) is 3. The van der Waals surface area contributed by atoms with E-state index in [1.807, 2.05) is 18.2 Å². The summed E-state index contributed by atoms with van der Waals surface area (Å²) in [7, 11) is 0. The van der Waals surface area contributed by atoms with Gasteiger partial charge in [0.15, 0.2) is 11.5 Å². The molecular formula is C27H31ClN4O5. The Hall–Kier alpha value is -3.01. The van der Waals surface area contributed by atoms with Gasteiger partial charge in [-0.1, -0.05) is 11.6 Å². The van der Waals surface area contributed by atoms with Crippen LogP contribution in [0.3, 0.4) is 0 Å². The van der Waals surface area contributed by atoms with Crippen molar-refractivity contribution in [3.63, 3.8) is 0 Å². The third-order valence-corrected chi connectivity index (χ3v) is 7.23. The average Bonchev–Trinajstić information content (AvgIpc) is 3.44. The molecule has 3 aliphatic rings. The highest BCUT2D eigenvalue weighted by Crippen LogP contribution is 2.45. The van der Waals surface area contributed by atoms with Gasteiger partial charge >= 0.3 is 0 Å². The first-order chi connectivity index (χ1) is 18.2. The summed E-state index contributed by atoms with van der Waals surface area (Å²) in [6.45, 7) is 6.10. The Balaban J connectivity index is 1.34. The van der Waals surface area contributed by atoms with E-state index in [9.17, 15) is 0 Å². The number of ether oxygens (including phenoxy) is 5. The summed E-state index contributed by atoms with van der Waals surface area (Å²) >= 11 is 6.58. The molecule has 2 aromatic carbocycles. The minimum atomic E-state index is 0.0367. The molecule has 0 radical (unpaired) electrons. The van der Waals surface area contributed by atoms with Gasteiger partial charge in [0.25, 0.3) is 0 Å². The van der Waals surface area contributed by atoms with Crippen LogP contribution >= 0.6 is 11.6 Å². The second-order valence-electron chi connectivity index (χ2n) is 9.44. The van der Waals surface area contributed by atoms with Crippen molar-refractivity contribution in [1.29, 1.82) is 0 Å². The van der Waals surface area contributed by atoms with Gasteiger partial charge in [-0.3, -0.25) is 4.90 Å². The van der Waals surface area contributed by atoms with E-state index in [-0.39, 0.29) is 6.10 Å². The molecule has 1 aromatic heterocycles. The normalized spacial score (nSPS) is 18.2. The number of halogens is 1. The van der Waals surface area contributed by atoms with Crippen molar-refractivity contribution in [1.82, 2.24) is 14.9 Å². The Morgan fingerprint density at radius 3 is 2.73 bits per heavy atom. The quantitative estimate of drug-likeness (QED) is 0.443. The zero-order valence-corrected chi connectivity index (χ0v) is 21.5. The topological polar surface area (TPSA) is 87.2 Å². The highest BCUT2D eigenvalue weighted by Gasteiger charge is 2.23. The number of fused-ring (bicyclic) bond motifs is 2. The van der Waals surface area contributed by atoms with E-state index in [0.717, 1.165) is 49.1 Å². The van der Waals surface area contributed by atoms with Gasteiger partial charge in [-0.15, -0.1) is 0 Å². The molecule has 3 aromatic rings. The van der Waals surface area contributed by atoms with Crippen LogP contribution in [-0.2, 0) is 4.74 Å². The SMILES string of the molecule is Clc1ccc2c(c1Nc1ncnc3cc(OCCN4CCCC4)cc(OC4CCOCC4)c13)OCCO2. The fraction of sp³-hybridized carbons (Fsp3) is 0.481. The predicted octanol–water partition coefficient (Wildman–Crippen LogP) is 4.83. The summed E-state index contributed by atoms with van der Waals surface area (Å²) in [6.07, 6.45) is 5.73. The Morgan fingerprint density at radius 2 is 1.86 bits per heavy atom. The van der Waals surface area contributed by atoms with Crippen LogP contribution in [0.5, 0.6) is 23.0 Å². The second-order valence-corrected chi connectivity index (χ2v) is 9.84. The highest BCUT2D eigenvalue weighted by molar-refractivity contribution is 6.34. The first-order valence-electron chi connectivity index (χ1n) is 13.0. The Kier molecular flexibility index (Phi) is 7.34. The van der Waals surface area contributed by atoms with Crippen molar-refractivity contribution in [2.75, 3.05) is 58.0 Å². The van der Waals surface area contributed by atoms with Gasteiger partial charge in [-0.05, 0) is 38.1 Å². The van der Waals surface area contributed by atoms with E-state index >= 15 is 0 Å². The third-order valence-electron chi connectivity index (χ3n) is 6.91. The number of aromatic nitrogens is 2. The Labute approximate surface area is 221 Å². The minimum Gasteiger partial charge on any atom is -0.492 e. The average molecular weight is 527 g/mol. The van der Waals surface area contributed by atoms with Gasteiger partial charge in [0.05, 0.1) is 29.1 Å². The van der Waals surface area contributed by atoms with Crippen LogP contribution in [0.25, 0.3) is 10.9 Å². The van der Waals surface area contributed by atoms with Crippen molar-refractivity contribution in [3.05, 3.63) is 35.6 Å². The number of anilines is 2. The van der Waals surface area contributed by atoms with Gasteiger partial charge in [0.1, 0.15) is 55.3 Å². The molecule has 2 fully saturated rings. The molecular weight excluding hydrogens is 496 g/mol. The maximum absolute atomic E-state index is 6.58. The van der Waals surface area contributed by atoms with Crippen molar-refractivity contribution in [2.24, 2.45) is 0 Å². The number of hydrogen-bond donors (Lipinski definition) is 1. The monoisotopic (exact) mass is 526 g/mol. The minimum absolute atomic E-state index is 0.0367. The van der Waals surface area contributed by atoms with Crippen LogP contribution in [0.1, 0.15) is 25.7 Å². The maximum atomic E-state index is 6.58. The number of likely N-dealkylation sites (tertiary alicyclic amines) is 1. The molecule has 0 amide bonds. The lowest BCUT2D eigenvalue weighted by Crippen LogP contribution is -2.26. The van der Waals surface area contributed by atoms with Crippen LogP contribution < -0.4 is 24.3 Å². The lowest BCUT2D eigenvalue weighted by Gasteiger charge is -2.25. The largest absolute Gasteiger partial charge is 0.492 e. The van der Waals surface area contributed by atoms with Gasteiger partial charge < -0.3 is 29.0 Å². The first-order valence-corrected chi connectivity index (χ1v) is 13.4. The van der Waals surface area contributed by atoms with Gasteiger partial charge in [0.2, 0.25) is 0 Å². The van der Waals surface area contributed by atoms with Crippen molar-refractivity contribution < 1.29 is 23.7 Å². The molecule has 6 rings (SSSR count). The lowest BCUT2D eigenvalue weighted by molar-refractivity contribution is 0.0261. The van der Waals surface area contributed by atoms with E-state index < -0.39 is 0 Å². The zero-order valence-electron chi connectivity index (χ0n) is 20.7. The summed E-state index contributed by atoms with van der Waals surface area (Å²) in [6, 6.07) is 7.47. The van der Waals surface area contributed by atoms with E-state index in [4.69, 9.17) is 35.3 Å². The number of nitrogens with one attached hydrogen (secondary N) is 1. The molecule has 0 saturated carbocycles. The fourth-order valence-corrected chi connectivity index (χ4v) is 5.20. The Morgan fingerprint density at radius 1 is 1.03 bits per heavy atom. The molecule has 10 heteroatoms. The van der Waals surface area contributed by atoms with Crippen LogP contribution in [0.2, 0.25) is 5.02 Å². The van der Waals surface area contributed by atoms with Crippen LogP contribution in [0.4, 0.5) is 11.5 Å². The van der Waals surface area contributed by atoms with Crippen LogP contribution in [0, 0.1) is 0 Å². The fourth-order valence-electron chi connectivity index (χ4n) is 5.00. The molecule has 1 N–H and O–H groups in total. The van der Waals surface area contributed by atoms with Crippen LogP contribution in [0.15, 0.2) is 30.6 Å². The molecule has 0 spiro atoms. The smallest absolute Gasteiger partial charge is 0.186 e. The summed E-state index contributed by atoms with van der Waals surface area (Å²) in [5.41, 5.74) is 1.32. The van der Waals surface area contributed by atoms with Crippen molar-refractivity contribution >= 4 is 34.0 Å². The Bertz CT molecular complexity index is 1250. The molecule has 3 aliphatic heterocycles. The molecule has 0 unspecified atom stereocenters. The van der Waals surface area contributed by atoms with E-state index in [1.165, 1.54) is 19.2 Å². The molecule has 2 saturated heterocycles. The van der Waals surface area contributed by atoms with E-state index in [1.54, 1.807) is 6.07 Å². The zero-order chi connectivity index (χ0) is 25.0. The molecule has 196 valence electrons. The van der Waals surface area contributed by atoms with Gasteiger partial charge in [0, 0.05) is 31.5 Å². The van der Waals surface area contributed by atoms with Gasteiger partial charge in [-0.25, -0.2) is 9.97 Å². The third kappa shape index (κ3) is 5.49. The van der Waals surface area contributed by atoms with E-state index in [0.29, 0.717) is 66.8 Å². The van der Waals surface area contributed by atoms with Crippen LogP contribution in [-0.4, -0.2) is 73.6 Å². The molecule has 37 heavy (non-hydrogen) atoms. The summed E-state index contributed by atoms with van der Waals surface area (Å²) in [5.74, 6) is 3.18. The molecule has 9 nitrogen and oxygen atoms in total. The number of benzene rings is 2. The first kappa shape index (κ1) is 24.3. The second kappa shape index (κ2) is 11.2. The van der Waals surface area contributed by atoms with Gasteiger partial charge in [-0.2, -0.15) is 0 Å². The predicted molar refractivity (Wildman–Crippen MR) is 141 cm³/mol. The molecule has 4 heterocycles. The standard InChI is InChI=1S/C27H31ClN4O5/c28-20-3-4-22-26(36-14-13-35-22)25(20)31-27-24-21(29-17-30-27)15-19(34-12-9-32-7-1-2-8-32)16-23(24)37-18-5-10-33-11-6-18/h3-4,15-18H,1-2,5-14H2,(H,29,30,31). The molecule has 0 atom stereocenters.